The molecule has 0 aromatic heterocycles. The second-order valence-electron chi connectivity index (χ2n) is 6.49. The number of anilines is 1. The fourth-order valence-corrected chi connectivity index (χ4v) is 3.37. The minimum atomic E-state index is 0.247. The number of para-hydroxylation sites is 1. The lowest BCUT2D eigenvalue weighted by molar-refractivity contribution is 0.316. The molecule has 0 fully saturated rings. The Hall–Kier alpha value is -0.960. The van der Waals surface area contributed by atoms with E-state index >= 15 is 0 Å². The van der Waals surface area contributed by atoms with Crippen molar-refractivity contribution in [1.29, 1.82) is 0 Å². The molecule has 0 aliphatic carbocycles. The molecule has 1 aromatic rings. The minimum absolute atomic E-state index is 0.247. The molecule has 0 radical (unpaired) electrons. The Balaban J connectivity index is 2.15. The monoisotopic (exact) mass is 290 g/mol. The van der Waals surface area contributed by atoms with Gasteiger partial charge < -0.3 is 5.32 Å². The molecule has 0 saturated carbocycles. The molecule has 0 spiro atoms. The Bertz CT molecular complexity index is 474. The van der Waals surface area contributed by atoms with Crippen LogP contribution in [0.1, 0.15) is 46.1 Å². The topological polar surface area (TPSA) is 24.4 Å². The first kappa shape index (κ1) is 15.4. The number of thioether (sulfide) groups is 1. The highest BCUT2D eigenvalue weighted by atomic mass is 32.2. The molecule has 3 heteroatoms. The van der Waals surface area contributed by atoms with Crippen LogP contribution in [0.4, 0.5) is 5.69 Å². The molecule has 2 nitrogen and oxygen atoms in total. The summed E-state index contributed by atoms with van der Waals surface area (Å²) < 4.78 is 0. The van der Waals surface area contributed by atoms with E-state index in [0.717, 1.165) is 17.3 Å². The Morgan fingerprint density at radius 1 is 1.30 bits per heavy atom. The summed E-state index contributed by atoms with van der Waals surface area (Å²) in [5, 5.41) is 4.63. The number of nitrogens with one attached hydrogen (secondary N) is 1. The summed E-state index contributed by atoms with van der Waals surface area (Å²) in [7, 11) is 0. The van der Waals surface area contributed by atoms with Gasteiger partial charge in [-0.25, -0.2) is 0 Å². The molecular weight excluding hydrogens is 264 g/mol. The maximum absolute atomic E-state index is 4.92. The van der Waals surface area contributed by atoms with Crippen molar-refractivity contribution in [3.63, 3.8) is 0 Å². The first-order chi connectivity index (χ1) is 9.50. The second kappa shape index (κ2) is 6.66. The number of nitrogens with zero attached hydrogens (tertiary/aromatic N) is 1. The van der Waals surface area contributed by atoms with Gasteiger partial charge in [-0.2, -0.15) is 0 Å². The van der Waals surface area contributed by atoms with Crippen LogP contribution in [0.15, 0.2) is 29.3 Å². The van der Waals surface area contributed by atoms with Crippen molar-refractivity contribution in [2.75, 3.05) is 11.1 Å². The zero-order valence-corrected chi connectivity index (χ0v) is 13.9. The fourth-order valence-electron chi connectivity index (χ4n) is 2.45. The zero-order valence-electron chi connectivity index (χ0n) is 13.1. The van der Waals surface area contributed by atoms with E-state index in [1.165, 1.54) is 24.1 Å². The van der Waals surface area contributed by atoms with Crippen molar-refractivity contribution in [3.05, 3.63) is 29.8 Å². The van der Waals surface area contributed by atoms with E-state index < -0.39 is 0 Å². The van der Waals surface area contributed by atoms with Crippen LogP contribution in [-0.4, -0.2) is 17.0 Å². The van der Waals surface area contributed by atoms with Gasteiger partial charge in [0.05, 0.1) is 6.04 Å². The average molecular weight is 290 g/mol. The van der Waals surface area contributed by atoms with Gasteiger partial charge >= 0.3 is 0 Å². The first-order valence-electron chi connectivity index (χ1n) is 7.56. The molecule has 0 saturated heterocycles. The third-order valence-electron chi connectivity index (χ3n) is 3.68. The number of amidine groups is 1. The summed E-state index contributed by atoms with van der Waals surface area (Å²) >= 11 is 1.84. The van der Waals surface area contributed by atoms with Crippen molar-refractivity contribution in [2.24, 2.45) is 10.4 Å². The Morgan fingerprint density at radius 2 is 2.05 bits per heavy atom. The molecular formula is C17H26N2S. The van der Waals surface area contributed by atoms with Crippen LogP contribution in [0.2, 0.25) is 0 Å². The molecule has 0 bridgehead atoms. The second-order valence-corrected chi connectivity index (χ2v) is 7.57. The van der Waals surface area contributed by atoms with E-state index in [0.29, 0.717) is 6.04 Å². The van der Waals surface area contributed by atoms with Gasteiger partial charge in [0.15, 0.2) is 5.17 Å². The van der Waals surface area contributed by atoms with Crippen LogP contribution in [0.3, 0.4) is 0 Å². The van der Waals surface area contributed by atoms with Crippen LogP contribution in [0, 0.1) is 5.41 Å². The molecule has 1 heterocycles. The van der Waals surface area contributed by atoms with E-state index in [-0.39, 0.29) is 5.41 Å². The Kier molecular flexibility index (Phi) is 5.14. The van der Waals surface area contributed by atoms with Crippen molar-refractivity contribution in [2.45, 2.75) is 53.0 Å². The summed E-state index contributed by atoms with van der Waals surface area (Å²) in [6, 6.07) is 9.00. The summed E-state index contributed by atoms with van der Waals surface area (Å²) in [5.41, 5.74) is 2.85. The van der Waals surface area contributed by atoms with Gasteiger partial charge in [-0.3, -0.25) is 4.99 Å². The number of aliphatic imine (C=N–C) groups is 1. The SMILES string of the molecule is CCCc1ccccc1NC1=NC(C(C)(C)C)CCS1. The van der Waals surface area contributed by atoms with E-state index in [2.05, 4.69) is 57.3 Å². The summed E-state index contributed by atoms with van der Waals surface area (Å²) in [5.74, 6) is 1.16. The average Bonchev–Trinajstić information content (AvgIpc) is 2.41. The largest absolute Gasteiger partial charge is 0.335 e. The highest BCUT2D eigenvalue weighted by Crippen LogP contribution is 2.31. The van der Waals surface area contributed by atoms with Gasteiger partial charge in [0.2, 0.25) is 0 Å². The first-order valence-corrected chi connectivity index (χ1v) is 8.55. The van der Waals surface area contributed by atoms with Crippen molar-refractivity contribution < 1.29 is 0 Å². The van der Waals surface area contributed by atoms with E-state index in [1.807, 2.05) is 11.8 Å². The lowest BCUT2D eigenvalue weighted by Gasteiger charge is -2.31. The molecule has 1 aliphatic rings. The standard InChI is InChI=1S/C17H26N2S/c1-5-8-13-9-6-7-10-14(13)18-16-19-15(11-12-20-16)17(2,3)4/h6-7,9-10,15H,5,8,11-12H2,1-4H3,(H,18,19). The maximum atomic E-state index is 4.92. The number of hydrogen-bond donors (Lipinski definition) is 1. The quantitative estimate of drug-likeness (QED) is 0.851. The smallest absolute Gasteiger partial charge is 0.161 e. The van der Waals surface area contributed by atoms with Crippen LogP contribution in [0.25, 0.3) is 0 Å². The number of hydrogen-bond acceptors (Lipinski definition) is 3. The molecule has 1 atom stereocenters. The fraction of sp³-hybridized carbons (Fsp3) is 0.588. The minimum Gasteiger partial charge on any atom is -0.335 e. The zero-order chi connectivity index (χ0) is 14.6. The van der Waals surface area contributed by atoms with Gasteiger partial charge in [0.25, 0.3) is 0 Å². The number of rotatable bonds is 3. The van der Waals surface area contributed by atoms with Crippen LogP contribution >= 0.6 is 11.8 Å². The highest BCUT2D eigenvalue weighted by molar-refractivity contribution is 8.14. The normalized spacial score (nSPS) is 19.6. The maximum Gasteiger partial charge on any atom is 0.161 e. The number of benzene rings is 1. The van der Waals surface area contributed by atoms with Gasteiger partial charge in [-0.05, 0) is 29.9 Å². The highest BCUT2D eigenvalue weighted by Gasteiger charge is 2.27. The third kappa shape index (κ3) is 4.02. The van der Waals surface area contributed by atoms with Gasteiger partial charge in [0.1, 0.15) is 0 Å². The van der Waals surface area contributed by atoms with Crippen LogP contribution < -0.4 is 5.32 Å². The van der Waals surface area contributed by atoms with Crippen molar-refractivity contribution in [1.82, 2.24) is 0 Å². The number of aryl methyl sites for hydroxylation is 1. The molecule has 1 aliphatic heterocycles. The lowest BCUT2D eigenvalue weighted by Crippen LogP contribution is -2.30. The molecule has 2 rings (SSSR count). The van der Waals surface area contributed by atoms with Crippen LogP contribution in [0.5, 0.6) is 0 Å². The van der Waals surface area contributed by atoms with Gasteiger partial charge in [-0.1, -0.05) is 64.1 Å². The predicted octanol–water partition coefficient (Wildman–Crippen LogP) is 4.96. The Labute approximate surface area is 127 Å². The predicted molar refractivity (Wildman–Crippen MR) is 91.8 cm³/mol. The molecule has 110 valence electrons. The summed E-state index contributed by atoms with van der Waals surface area (Å²) in [4.78, 5) is 4.92. The molecule has 1 aromatic carbocycles. The third-order valence-corrected chi connectivity index (χ3v) is 4.60. The van der Waals surface area contributed by atoms with Crippen molar-refractivity contribution >= 4 is 22.6 Å². The Morgan fingerprint density at radius 3 is 2.75 bits per heavy atom. The molecule has 1 N–H and O–H groups in total. The van der Waals surface area contributed by atoms with Gasteiger partial charge in [-0.15, -0.1) is 0 Å². The summed E-state index contributed by atoms with van der Waals surface area (Å²) in [6.07, 6.45) is 3.46. The lowest BCUT2D eigenvalue weighted by atomic mass is 9.85. The van der Waals surface area contributed by atoms with Crippen molar-refractivity contribution in [3.8, 4) is 0 Å². The van der Waals surface area contributed by atoms with Gasteiger partial charge in [0, 0.05) is 11.4 Å². The van der Waals surface area contributed by atoms with Crippen LogP contribution in [-0.2, 0) is 6.42 Å². The van der Waals surface area contributed by atoms with E-state index in [9.17, 15) is 0 Å². The molecule has 0 amide bonds. The molecule has 20 heavy (non-hydrogen) atoms. The molecule has 1 unspecified atom stereocenters. The van der Waals surface area contributed by atoms with E-state index in [1.54, 1.807) is 0 Å². The van der Waals surface area contributed by atoms with E-state index in [4.69, 9.17) is 4.99 Å². The summed E-state index contributed by atoms with van der Waals surface area (Å²) in [6.45, 7) is 9.05.